The standard InChI is InChI=1S/C17H17NO4/c19-14-8-6-13(7-9-16(20)21)15(10-14)17(22)18-11-12-4-2-1-3-5-12/h1-6,8,10,19H,7,9,11H2,(H,18,22)(H,20,21). The minimum absolute atomic E-state index is 0.0241. The molecule has 0 fully saturated rings. The molecular weight excluding hydrogens is 282 g/mol. The number of carbonyl (C=O) groups is 2. The zero-order chi connectivity index (χ0) is 15.9. The highest BCUT2D eigenvalue weighted by atomic mass is 16.4. The van der Waals surface area contributed by atoms with Gasteiger partial charge in [0.05, 0.1) is 0 Å². The fourth-order valence-electron chi connectivity index (χ4n) is 2.11. The summed E-state index contributed by atoms with van der Waals surface area (Å²) in [4.78, 5) is 22.9. The van der Waals surface area contributed by atoms with E-state index in [2.05, 4.69) is 5.32 Å². The number of aromatic hydroxyl groups is 1. The lowest BCUT2D eigenvalue weighted by molar-refractivity contribution is -0.136. The first kappa shape index (κ1) is 15.6. The van der Waals surface area contributed by atoms with E-state index in [1.54, 1.807) is 6.07 Å². The van der Waals surface area contributed by atoms with Crippen LogP contribution in [0.2, 0.25) is 0 Å². The van der Waals surface area contributed by atoms with Crippen molar-refractivity contribution in [2.75, 3.05) is 0 Å². The summed E-state index contributed by atoms with van der Waals surface area (Å²) >= 11 is 0. The quantitative estimate of drug-likeness (QED) is 0.764. The van der Waals surface area contributed by atoms with E-state index < -0.39 is 5.97 Å². The number of amides is 1. The lowest BCUT2D eigenvalue weighted by Crippen LogP contribution is -2.24. The molecule has 0 bridgehead atoms. The average Bonchev–Trinajstić information content (AvgIpc) is 2.52. The Balaban J connectivity index is 2.10. The van der Waals surface area contributed by atoms with Crippen molar-refractivity contribution in [1.29, 1.82) is 0 Å². The Bertz CT molecular complexity index is 668. The van der Waals surface area contributed by atoms with E-state index in [0.29, 0.717) is 17.7 Å². The van der Waals surface area contributed by atoms with Crippen molar-refractivity contribution in [3.8, 4) is 5.75 Å². The number of nitrogens with one attached hydrogen (secondary N) is 1. The van der Waals surface area contributed by atoms with Gasteiger partial charge in [0.2, 0.25) is 0 Å². The minimum atomic E-state index is -0.927. The highest BCUT2D eigenvalue weighted by Gasteiger charge is 2.13. The van der Waals surface area contributed by atoms with E-state index in [9.17, 15) is 14.7 Å². The van der Waals surface area contributed by atoms with Gasteiger partial charge in [0.25, 0.3) is 5.91 Å². The second-order valence-electron chi connectivity index (χ2n) is 4.90. The Morgan fingerprint density at radius 3 is 2.45 bits per heavy atom. The minimum Gasteiger partial charge on any atom is -0.508 e. The average molecular weight is 299 g/mol. The van der Waals surface area contributed by atoms with E-state index in [0.717, 1.165) is 5.56 Å². The van der Waals surface area contributed by atoms with Gasteiger partial charge in [-0.1, -0.05) is 36.4 Å². The third kappa shape index (κ3) is 4.34. The summed E-state index contributed by atoms with van der Waals surface area (Å²) in [5.74, 6) is -1.28. The van der Waals surface area contributed by atoms with Gasteiger partial charge in [-0.15, -0.1) is 0 Å². The van der Waals surface area contributed by atoms with Crippen LogP contribution in [-0.2, 0) is 17.8 Å². The molecule has 22 heavy (non-hydrogen) atoms. The number of carboxylic acid groups (broad SMARTS) is 1. The molecular formula is C17H17NO4. The summed E-state index contributed by atoms with van der Waals surface area (Å²) in [7, 11) is 0. The maximum atomic E-state index is 12.3. The topological polar surface area (TPSA) is 86.6 Å². The summed E-state index contributed by atoms with van der Waals surface area (Å²) in [6.07, 6.45) is 0.174. The van der Waals surface area contributed by atoms with Crippen molar-refractivity contribution in [2.45, 2.75) is 19.4 Å². The van der Waals surface area contributed by atoms with Crippen LogP contribution in [0.1, 0.15) is 27.9 Å². The molecule has 5 nitrogen and oxygen atoms in total. The summed E-state index contributed by atoms with van der Waals surface area (Å²) in [5, 5.41) is 21.1. The van der Waals surface area contributed by atoms with E-state index >= 15 is 0 Å². The monoisotopic (exact) mass is 299 g/mol. The first-order valence-electron chi connectivity index (χ1n) is 6.92. The van der Waals surface area contributed by atoms with E-state index in [1.165, 1.54) is 12.1 Å². The molecule has 1 amide bonds. The first-order valence-corrected chi connectivity index (χ1v) is 6.92. The lowest BCUT2D eigenvalue weighted by Gasteiger charge is -2.10. The predicted octanol–water partition coefficient (Wildman–Crippen LogP) is 2.34. The normalized spacial score (nSPS) is 10.2. The van der Waals surface area contributed by atoms with E-state index in [-0.39, 0.29) is 24.5 Å². The molecule has 0 aliphatic carbocycles. The first-order chi connectivity index (χ1) is 10.6. The van der Waals surface area contributed by atoms with Gasteiger partial charge in [-0.3, -0.25) is 9.59 Å². The van der Waals surface area contributed by atoms with Crippen molar-refractivity contribution in [1.82, 2.24) is 5.32 Å². The van der Waals surface area contributed by atoms with Gasteiger partial charge in [0.1, 0.15) is 5.75 Å². The third-order valence-electron chi connectivity index (χ3n) is 3.24. The Morgan fingerprint density at radius 1 is 1.05 bits per heavy atom. The molecule has 0 unspecified atom stereocenters. The Hall–Kier alpha value is -2.82. The Kier molecular flexibility index (Phi) is 5.14. The smallest absolute Gasteiger partial charge is 0.303 e. The van der Waals surface area contributed by atoms with Crippen molar-refractivity contribution in [3.05, 3.63) is 65.2 Å². The van der Waals surface area contributed by atoms with E-state index in [4.69, 9.17) is 5.11 Å². The fourth-order valence-corrected chi connectivity index (χ4v) is 2.11. The largest absolute Gasteiger partial charge is 0.508 e. The van der Waals surface area contributed by atoms with Gasteiger partial charge in [-0.05, 0) is 29.7 Å². The number of aliphatic carboxylic acids is 1. The number of aryl methyl sites for hydroxylation is 1. The molecule has 0 spiro atoms. The fraction of sp³-hybridized carbons (Fsp3) is 0.176. The molecule has 3 N–H and O–H groups in total. The Morgan fingerprint density at radius 2 is 1.77 bits per heavy atom. The molecule has 114 valence electrons. The lowest BCUT2D eigenvalue weighted by atomic mass is 10.0. The molecule has 2 aromatic carbocycles. The predicted molar refractivity (Wildman–Crippen MR) is 81.7 cm³/mol. The van der Waals surface area contributed by atoms with Crippen molar-refractivity contribution in [2.24, 2.45) is 0 Å². The molecule has 0 heterocycles. The number of hydrogen-bond acceptors (Lipinski definition) is 3. The van der Waals surface area contributed by atoms with Crippen LogP contribution in [-0.4, -0.2) is 22.1 Å². The summed E-state index contributed by atoms with van der Waals surface area (Å²) in [6.45, 7) is 0.369. The van der Waals surface area contributed by atoms with Crippen LogP contribution in [0.5, 0.6) is 5.75 Å². The highest BCUT2D eigenvalue weighted by molar-refractivity contribution is 5.96. The van der Waals surface area contributed by atoms with Crippen molar-refractivity contribution < 1.29 is 19.8 Å². The highest BCUT2D eigenvalue weighted by Crippen LogP contribution is 2.18. The van der Waals surface area contributed by atoms with Gasteiger partial charge >= 0.3 is 5.97 Å². The van der Waals surface area contributed by atoms with Crippen LogP contribution in [0, 0.1) is 0 Å². The molecule has 0 aliphatic rings. The molecule has 0 saturated carbocycles. The molecule has 2 aromatic rings. The third-order valence-corrected chi connectivity index (χ3v) is 3.24. The number of hydrogen-bond donors (Lipinski definition) is 3. The van der Waals surface area contributed by atoms with Gasteiger partial charge in [-0.25, -0.2) is 0 Å². The second-order valence-corrected chi connectivity index (χ2v) is 4.90. The van der Waals surface area contributed by atoms with E-state index in [1.807, 2.05) is 30.3 Å². The number of carboxylic acids is 1. The van der Waals surface area contributed by atoms with Gasteiger partial charge in [0, 0.05) is 18.5 Å². The van der Waals surface area contributed by atoms with Crippen LogP contribution in [0.3, 0.4) is 0 Å². The Labute approximate surface area is 128 Å². The maximum Gasteiger partial charge on any atom is 0.303 e. The molecule has 0 atom stereocenters. The second kappa shape index (κ2) is 7.26. The van der Waals surface area contributed by atoms with Crippen LogP contribution in [0.4, 0.5) is 0 Å². The van der Waals surface area contributed by atoms with Gasteiger partial charge in [-0.2, -0.15) is 0 Å². The van der Waals surface area contributed by atoms with Crippen LogP contribution >= 0.6 is 0 Å². The SMILES string of the molecule is O=C(O)CCc1ccc(O)cc1C(=O)NCc1ccccc1. The van der Waals surface area contributed by atoms with Gasteiger partial charge < -0.3 is 15.5 Å². The number of phenols is 1. The zero-order valence-corrected chi connectivity index (χ0v) is 12.0. The molecule has 0 saturated heterocycles. The van der Waals surface area contributed by atoms with Crippen LogP contribution < -0.4 is 5.32 Å². The van der Waals surface area contributed by atoms with Crippen LogP contribution in [0.15, 0.2) is 48.5 Å². The van der Waals surface area contributed by atoms with Crippen molar-refractivity contribution >= 4 is 11.9 Å². The summed E-state index contributed by atoms with van der Waals surface area (Å²) in [5.41, 5.74) is 1.87. The number of phenolic OH excluding ortho intramolecular Hbond substituents is 1. The summed E-state index contributed by atoms with van der Waals surface area (Å²) in [6, 6.07) is 13.8. The number of benzene rings is 2. The maximum absolute atomic E-state index is 12.3. The van der Waals surface area contributed by atoms with Crippen LogP contribution in [0.25, 0.3) is 0 Å². The zero-order valence-electron chi connectivity index (χ0n) is 12.0. The molecule has 0 aliphatic heterocycles. The van der Waals surface area contributed by atoms with Gasteiger partial charge in [0.15, 0.2) is 0 Å². The molecule has 2 rings (SSSR count). The number of carbonyl (C=O) groups excluding carboxylic acids is 1. The molecule has 0 aromatic heterocycles. The molecule has 5 heteroatoms. The molecule has 0 radical (unpaired) electrons. The van der Waals surface area contributed by atoms with Crippen molar-refractivity contribution in [3.63, 3.8) is 0 Å². The summed E-state index contributed by atoms with van der Waals surface area (Å²) < 4.78 is 0. The number of rotatable bonds is 6.